The second-order valence-corrected chi connectivity index (χ2v) is 5.41. The second kappa shape index (κ2) is 6.27. The minimum atomic E-state index is -0.785. The van der Waals surface area contributed by atoms with Gasteiger partial charge in [0.1, 0.15) is 0 Å². The second-order valence-electron chi connectivity index (χ2n) is 5.41. The molecule has 0 saturated carbocycles. The van der Waals surface area contributed by atoms with E-state index in [0.29, 0.717) is 19.4 Å². The zero-order chi connectivity index (χ0) is 15.5. The van der Waals surface area contributed by atoms with Gasteiger partial charge in [0.15, 0.2) is 0 Å². The van der Waals surface area contributed by atoms with Gasteiger partial charge in [0.25, 0.3) is 0 Å². The molecule has 0 aromatic heterocycles. The molecule has 0 bridgehead atoms. The molecule has 0 aliphatic carbocycles. The zero-order valence-corrected chi connectivity index (χ0v) is 13.1. The minimum absolute atomic E-state index is 0.00588. The number of hydrogen-bond donors (Lipinski definition) is 1. The van der Waals surface area contributed by atoms with Gasteiger partial charge < -0.3 is 10.6 Å². The summed E-state index contributed by atoms with van der Waals surface area (Å²) in [5, 5.41) is 2.22. The van der Waals surface area contributed by atoms with E-state index in [1.54, 1.807) is 0 Å². The summed E-state index contributed by atoms with van der Waals surface area (Å²) in [5.41, 5.74) is 6.46. The zero-order valence-electron chi connectivity index (χ0n) is 13.1. The van der Waals surface area contributed by atoms with Crippen LogP contribution < -0.4 is 10.6 Å². The quantitative estimate of drug-likeness (QED) is 0.909. The first-order valence-electron chi connectivity index (χ1n) is 7.66. The summed E-state index contributed by atoms with van der Waals surface area (Å²) < 4.78 is 0. The van der Waals surface area contributed by atoms with Gasteiger partial charge in [0, 0.05) is 11.9 Å². The third kappa shape index (κ3) is 2.79. The van der Waals surface area contributed by atoms with Crippen LogP contribution >= 0.6 is 0 Å². The molecule has 0 aliphatic heterocycles. The number of carbonyl (C=O) groups is 1. The standard InChI is InChI=1S/C18H24N2O/c1-4-18(19,5-2)17(21)20(6-3)16-13-9-11-14-10-7-8-12-15(14)16/h7-13H,4-6,19H2,1-3H3. The van der Waals surface area contributed by atoms with Gasteiger partial charge in [-0.05, 0) is 31.2 Å². The number of nitrogens with zero attached hydrogens (tertiary/aromatic N) is 1. The number of carbonyl (C=O) groups excluding carboxylic acids is 1. The first kappa shape index (κ1) is 15.5. The van der Waals surface area contributed by atoms with Crippen molar-refractivity contribution >= 4 is 22.4 Å². The Balaban J connectivity index is 2.52. The smallest absolute Gasteiger partial charge is 0.247 e. The monoisotopic (exact) mass is 284 g/mol. The van der Waals surface area contributed by atoms with E-state index in [0.717, 1.165) is 16.5 Å². The number of hydrogen-bond acceptors (Lipinski definition) is 2. The molecule has 21 heavy (non-hydrogen) atoms. The summed E-state index contributed by atoms with van der Waals surface area (Å²) in [5.74, 6) is 0.00588. The normalized spacial score (nSPS) is 11.6. The van der Waals surface area contributed by atoms with Crippen molar-refractivity contribution in [3.05, 3.63) is 42.5 Å². The molecule has 2 rings (SSSR count). The van der Waals surface area contributed by atoms with Crippen LogP contribution in [0.15, 0.2) is 42.5 Å². The highest BCUT2D eigenvalue weighted by molar-refractivity contribution is 6.06. The third-order valence-corrected chi connectivity index (χ3v) is 4.31. The highest BCUT2D eigenvalue weighted by Gasteiger charge is 2.34. The van der Waals surface area contributed by atoms with Crippen molar-refractivity contribution in [1.29, 1.82) is 0 Å². The molecule has 2 N–H and O–H groups in total. The highest BCUT2D eigenvalue weighted by Crippen LogP contribution is 2.29. The van der Waals surface area contributed by atoms with Gasteiger partial charge in [0.05, 0.1) is 11.2 Å². The Bertz CT molecular complexity index is 627. The summed E-state index contributed by atoms with van der Waals surface area (Å²) in [4.78, 5) is 14.7. The molecule has 0 atom stereocenters. The van der Waals surface area contributed by atoms with Crippen molar-refractivity contribution in [2.75, 3.05) is 11.4 Å². The topological polar surface area (TPSA) is 46.3 Å². The molecule has 3 nitrogen and oxygen atoms in total. The molecular weight excluding hydrogens is 260 g/mol. The van der Waals surface area contributed by atoms with Gasteiger partial charge in [-0.15, -0.1) is 0 Å². The number of likely N-dealkylation sites (N-methyl/N-ethyl adjacent to an activating group) is 1. The molecule has 1 amide bonds. The summed E-state index contributed by atoms with van der Waals surface area (Å²) in [6, 6.07) is 14.2. The van der Waals surface area contributed by atoms with E-state index in [1.807, 2.05) is 49.9 Å². The number of nitrogens with two attached hydrogens (primary N) is 1. The molecule has 0 spiro atoms. The third-order valence-electron chi connectivity index (χ3n) is 4.31. The van der Waals surface area contributed by atoms with E-state index in [9.17, 15) is 4.79 Å². The lowest BCUT2D eigenvalue weighted by Crippen LogP contribution is -2.55. The molecule has 0 radical (unpaired) electrons. The van der Waals surface area contributed by atoms with Crippen molar-refractivity contribution in [1.82, 2.24) is 0 Å². The van der Waals surface area contributed by atoms with E-state index < -0.39 is 5.54 Å². The van der Waals surface area contributed by atoms with Crippen LogP contribution in [0.2, 0.25) is 0 Å². The fraction of sp³-hybridized carbons (Fsp3) is 0.389. The lowest BCUT2D eigenvalue weighted by molar-refractivity contribution is -0.123. The number of benzene rings is 2. The predicted molar refractivity (Wildman–Crippen MR) is 89.5 cm³/mol. The van der Waals surface area contributed by atoms with Gasteiger partial charge in [-0.25, -0.2) is 0 Å². The van der Waals surface area contributed by atoms with E-state index >= 15 is 0 Å². The summed E-state index contributed by atoms with van der Waals surface area (Å²) in [7, 11) is 0. The number of fused-ring (bicyclic) bond motifs is 1. The van der Waals surface area contributed by atoms with Crippen molar-refractivity contribution in [3.8, 4) is 0 Å². The van der Waals surface area contributed by atoms with Crippen LogP contribution in [0.4, 0.5) is 5.69 Å². The van der Waals surface area contributed by atoms with Crippen molar-refractivity contribution in [2.45, 2.75) is 39.2 Å². The van der Waals surface area contributed by atoms with Crippen molar-refractivity contribution in [2.24, 2.45) is 5.73 Å². The van der Waals surface area contributed by atoms with Gasteiger partial charge >= 0.3 is 0 Å². The molecule has 112 valence electrons. The first-order chi connectivity index (χ1) is 10.1. The van der Waals surface area contributed by atoms with Gasteiger partial charge in [-0.1, -0.05) is 50.2 Å². The molecule has 0 saturated heterocycles. The lowest BCUT2D eigenvalue weighted by Gasteiger charge is -2.33. The number of amides is 1. The van der Waals surface area contributed by atoms with E-state index in [2.05, 4.69) is 18.2 Å². The minimum Gasteiger partial charge on any atom is -0.317 e. The van der Waals surface area contributed by atoms with Crippen LogP contribution in [-0.2, 0) is 4.79 Å². The van der Waals surface area contributed by atoms with E-state index in [-0.39, 0.29) is 5.91 Å². The predicted octanol–water partition coefficient (Wildman–Crippen LogP) is 3.71. The van der Waals surface area contributed by atoms with Gasteiger partial charge in [0.2, 0.25) is 5.91 Å². The Hall–Kier alpha value is -1.87. The Morgan fingerprint density at radius 1 is 1.05 bits per heavy atom. The molecule has 3 heteroatoms. The van der Waals surface area contributed by atoms with Crippen molar-refractivity contribution in [3.63, 3.8) is 0 Å². The fourth-order valence-electron chi connectivity index (χ4n) is 2.69. The van der Waals surface area contributed by atoms with Crippen LogP contribution in [0.1, 0.15) is 33.6 Å². The fourth-order valence-corrected chi connectivity index (χ4v) is 2.69. The summed E-state index contributed by atoms with van der Waals surface area (Å²) in [6.45, 7) is 6.55. The molecule has 0 unspecified atom stereocenters. The Morgan fingerprint density at radius 3 is 2.29 bits per heavy atom. The summed E-state index contributed by atoms with van der Waals surface area (Å²) in [6.07, 6.45) is 1.28. The molecule has 0 aliphatic rings. The number of anilines is 1. The Kier molecular flexibility index (Phi) is 4.63. The van der Waals surface area contributed by atoms with Crippen LogP contribution in [-0.4, -0.2) is 18.0 Å². The van der Waals surface area contributed by atoms with Crippen LogP contribution in [0.5, 0.6) is 0 Å². The maximum atomic E-state index is 12.9. The lowest BCUT2D eigenvalue weighted by atomic mass is 9.92. The summed E-state index contributed by atoms with van der Waals surface area (Å²) >= 11 is 0. The molecule has 0 heterocycles. The van der Waals surface area contributed by atoms with Gasteiger partial charge in [-0.2, -0.15) is 0 Å². The van der Waals surface area contributed by atoms with Crippen LogP contribution in [0, 0.1) is 0 Å². The average molecular weight is 284 g/mol. The Labute approximate surface area is 126 Å². The molecular formula is C18H24N2O. The van der Waals surface area contributed by atoms with Crippen LogP contribution in [0.3, 0.4) is 0 Å². The van der Waals surface area contributed by atoms with E-state index in [4.69, 9.17) is 5.73 Å². The Morgan fingerprint density at radius 2 is 1.67 bits per heavy atom. The molecule has 0 fully saturated rings. The number of rotatable bonds is 5. The highest BCUT2D eigenvalue weighted by atomic mass is 16.2. The van der Waals surface area contributed by atoms with Gasteiger partial charge in [-0.3, -0.25) is 4.79 Å². The van der Waals surface area contributed by atoms with Crippen LogP contribution in [0.25, 0.3) is 10.8 Å². The molecule has 2 aromatic carbocycles. The van der Waals surface area contributed by atoms with Crippen molar-refractivity contribution < 1.29 is 4.79 Å². The molecule has 2 aromatic rings. The maximum Gasteiger partial charge on any atom is 0.247 e. The SMILES string of the molecule is CCN(C(=O)C(N)(CC)CC)c1cccc2ccccc12. The largest absolute Gasteiger partial charge is 0.317 e. The maximum absolute atomic E-state index is 12.9. The average Bonchev–Trinajstić information content (AvgIpc) is 2.54. The van der Waals surface area contributed by atoms with E-state index in [1.165, 1.54) is 0 Å². The first-order valence-corrected chi connectivity index (χ1v) is 7.66.